The smallest absolute Gasteiger partial charge is 0.298 e. The van der Waals surface area contributed by atoms with Gasteiger partial charge in [-0.25, -0.2) is 4.39 Å². The van der Waals surface area contributed by atoms with E-state index in [4.69, 9.17) is 9.47 Å². The summed E-state index contributed by atoms with van der Waals surface area (Å²) in [5.41, 5.74) is -0.0363. The Morgan fingerprint density at radius 2 is 1.92 bits per heavy atom. The average molecular weight is 342 g/mol. The van der Waals surface area contributed by atoms with E-state index in [1.54, 1.807) is 36.4 Å². The van der Waals surface area contributed by atoms with E-state index in [9.17, 15) is 14.3 Å². The molecule has 0 fully saturated rings. The minimum absolute atomic E-state index is 0.162. The zero-order valence-electron chi connectivity index (χ0n) is 13.3. The molecule has 1 aromatic heterocycles. The fraction of sp³-hybridized carbons (Fsp3) is 0.111. The highest BCUT2D eigenvalue weighted by Gasteiger charge is 2.15. The Balaban J connectivity index is 1.89. The first-order valence-corrected chi connectivity index (χ1v) is 7.44. The number of nitrogens with zero attached hydrogens (tertiary/aromatic N) is 1. The van der Waals surface area contributed by atoms with Gasteiger partial charge in [-0.05, 0) is 29.8 Å². The van der Waals surface area contributed by atoms with Gasteiger partial charge in [-0.3, -0.25) is 4.79 Å². The van der Waals surface area contributed by atoms with Crippen molar-refractivity contribution < 1.29 is 19.0 Å². The number of aromatic hydroxyl groups is 1. The molecule has 0 aliphatic carbocycles. The second kappa shape index (κ2) is 7.04. The maximum absolute atomic E-state index is 13.2. The summed E-state index contributed by atoms with van der Waals surface area (Å²) < 4.78 is 23.8. The van der Waals surface area contributed by atoms with Crippen molar-refractivity contribution in [3.63, 3.8) is 0 Å². The third kappa shape index (κ3) is 3.77. The van der Waals surface area contributed by atoms with Crippen molar-refractivity contribution in [3.05, 3.63) is 76.1 Å². The van der Waals surface area contributed by atoms with Gasteiger partial charge < -0.3 is 19.6 Å². The summed E-state index contributed by atoms with van der Waals surface area (Å²) in [6.07, 6.45) is 0.162. The summed E-state index contributed by atoms with van der Waals surface area (Å²) >= 11 is 0. The minimum Gasteiger partial charge on any atom is -0.493 e. The van der Waals surface area contributed by atoms with Crippen molar-refractivity contribution in [1.82, 2.24) is 9.97 Å². The van der Waals surface area contributed by atoms with Crippen LogP contribution in [0.25, 0.3) is 0 Å². The minimum atomic E-state index is -0.648. The van der Waals surface area contributed by atoms with Crippen LogP contribution in [0.2, 0.25) is 0 Å². The zero-order valence-corrected chi connectivity index (χ0v) is 13.3. The number of hydrogen-bond donors (Lipinski definition) is 2. The van der Waals surface area contributed by atoms with Gasteiger partial charge in [0.15, 0.2) is 11.5 Å². The average Bonchev–Trinajstić information content (AvgIpc) is 2.58. The number of halogens is 1. The molecule has 0 amide bonds. The molecule has 0 radical (unpaired) electrons. The molecule has 0 saturated heterocycles. The number of nitrogens with one attached hydrogen (secondary N) is 1. The molecule has 2 N–H and O–H groups in total. The molecule has 0 saturated carbocycles. The molecule has 3 aromatic rings. The van der Waals surface area contributed by atoms with Crippen LogP contribution >= 0.6 is 0 Å². The summed E-state index contributed by atoms with van der Waals surface area (Å²) in [5, 5.41) is 10.1. The zero-order chi connectivity index (χ0) is 17.8. The normalized spacial score (nSPS) is 10.5. The molecule has 0 unspecified atom stereocenters. The van der Waals surface area contributed by atoms with Gasteiger partial charge in [0.2, 0.25) is 0 Å². The lowest BCUT2D eigenvalue weighted by molar-refractivity contribution is 0.356. The predicted molar refractivity (Wildman–Crippen MR) is 88.8 cm³/mol. The summed E-state index contributed by atoms with van der Waals surface area (Å²) in [4.78, 5) is 18.7. The van der Waals surface area contributed by atoms with Crippen LogP contribution in [0.4, 0.5) is 4.39 Å². The van der Waals surface area contributed by atoms with Crippen LogP contribution in [0.15, 0.2) is 53.3 Å². The van der Waals surface area contributed by atoms with Gasteiger partial charge >= 0.3 is 0 Å². The highest BCUT2D eigenvalue weighted by molar-refractivity contribution is 5.44. The van der Waals surface area contributed by atoms with E-state index in [-0.39, 0.29) is 29.6 Å². The Bertz CT molecular complexity index is 956. The number of rotatable bonds is 5. The van der Waals surface area contributed by atoms with Gasteiger partial charge in [0.25, 0.3) is 17.2 Å². The van der Waals surface area contributed by atoms with Crippen LogP contribution in [-0.2, 0) is 6.42 Å². The van der Waals surface area contributed by atoms with Crippen molar-refractivity contribution in [2.24, 2.45) is 0 Å². The quantitative estimate of drug-likeness (QED) is 0.745. The Labute approximate surface area is 142 Å². The summed E-state index contributed by atoms with van der Waals surface area (Å²) in [6, 6.07) is 12.6. The van der Waals surface area contributed by atoms with E-state index in [0.717, 1.165) is 0 Å². The lowest BCUT2D eigenvalue weighted by Gasteiger charge is -2.10. The van der Waals surface area contributed by atoms with Gasteiger partial charge in [0.1, 0.15) is 11.6 Å². The van der Waals surface area contributed by atoms with Crippen LogP contribution in [0, 0.1) is 5.82 Å². The SMILES string of the molecule is COc1ccccc1Oc1c(O)nc(Cc2cccc(F)c2)[nH]c1=O. The second-order valence-electron chi connectivity index (χ2n) is 5.22. The number of para-hydroxylation sites is 2. The van der Waals surface area contributed by atoms with Gasteiger partial charge in [-0.2, -0.15) is 4.98 Å². The van der Waals surface area contributed by atoms with Crippen LogP contribution in [0.5, 0.6) is 23.1 Å². The summed E-state index contributed by atoms with van der Waals surface area (Å²) in [7, 11) is 1.46. The van der Waals surface area contributed by atoms with Gasteiger partial charge in [0.05, 0.1) is 7.11 Å². The van der Waals surface area contributed by atoms with E-state index < -0.39 is 11.4 Å². The molecule has 6 nitrogen and oxygen atoms in total. The molecule has 128 valence electrons. The highest BCUT2D eigenvalue weighted by atomic mass is 19.1. The molecule has 1 heterocycles. The number of aromatic amines is 1. The maximum Gasteiger partial charge on any atom is 0.298 e. The van der Waals surface area contributed by atoms with E-state index in [1.807, 2.05) is 0 Å². The Kier molecular flexibility index (Phi) is 4.65. The van der Waals surface area contributed by atoms with E-state index in [2.05, 4.69) is 9.97 Å². The number of methoxy groups -OCH3 is 1. The molecule has 0 atom stereocenters. The van der Waals surface area contributed by atoms with E-state index >= 15 is 0 Å². The van der Waals surface area contributed by atoms with Crippen LogP contribution in [0.1, 0.15) is 11.4 Å². The maximum atomic E-state index is 13.2. The van der Waals surface area contributed by atoms with Crippen LogP contribution in [-0.4, -0.2) is 22.2 Å². The van der Waals surface area contributed by atoms with Gasteiger partial charge in [-0.15, -0.1) is 0 Å². The first kappa shape index (κ1) is 16.5. The Morgan fingerprint density at radius 3 is 2.60 bits per heavy atom. The molecule has 25 heavy (non-hydrogen) atoms. The van der Waals surface area contributed by atoms with Crippen LogP contribution in [0.3, 0.4) is 0 Å². The largest absolute Gasteiger partial charge is 0.493 e. The van der Waals surface area contributed by atoms with Crippen molar-refractivity contribution in [1.29, 1.82) is 0 Å². The Hall–Kier alpha value is -3.35. The molecule has 0 aliphatic heterocycles. The monoisotopic (exact) mass is 342 g/mol. The van der Waals surface area contributed by atoms with Gasteiger partial charge in [-0.1, -0.05) is 24.3 Å². The van der Waals surface area contributed by atoms with Crippen molar-refractivity contribution in [2.45, 2.75) is 6.42 Å². The summed E-state index contributed by atoms with van der Waals surface area (Å²) in [5.74, 6) is -0.412. The molecule has 7 heteroatoms. The summed E-state index contributed by atoms with van der Waals surface area (Å²) in [6.45, 7) is 0. The third-order valence-electron chi connectivity index (χ3n) is 3.45. The predicted octanol–water partition coefficient (Wildman–Crippen LogP) is 3.01. The molecule has 0 aliphatic rings. The number of aromatic nitrogens is 2. The topological polar surface area (TPSA) is 84.4 Å². The molecular weight excluding hydrogens is 327 g/mol. The fourth-order valence-corrected chi connectivity index (χ4v) is 2.32. The van der Waals surface area contributed by atoms with E-state index in [0.29, 0.717) is 11.3 Å². The number of ether oxygens (including phenoxy) is 2. The molecular formula is C18H15FN2O4. The second-order valence-corrected chi connectivity index (χ2v) is 5.22. The van der Waals surface area contributed by atoms with Crippen molar-refractivity contribution in [3.8, 4) is 23.1 Å². The lowest BCUT2D eigenvalue weighted by atomic mass is 10.1. The molecule has 0 spiro atoms. The van der Waals surface area contributed by atoms with Gasteiger partial charge in [0, 0.05) is 6.42 Å². The molecule has 3 rings (SSSR count). The fourth-order valence-electron chi connectivity index (χ4n) is 2.32. The number of benzene rings is 2. The molecule has 2 aromatic carbocycles. The third-order valence-corrected chi connectivity index (χ3v) is 3.45. The van der Waals surface area contributed by atoms with Crippen molar-refractivity contribution in [2.75, 3.05) is 7.11 Å². The van der Waals surface area contributed by atoms with E-state index in [1.165, 1.54) is 19.2 Å². The first-order valence-electron chi connectivity index (χ1n) is 7.44. The number of hydrogen-bond acceptors (Lipinski definition) is 5. The highest BCUT2D eigenvalue weighted by Crippen LogP contribution is 2.32. The van der Waals surface area contributed by atoms with Crippen molar-refractivity contribution >= 4 is 0 Å². The Morgan fingerprint density at radius 1 is 1.16 bits per heavy atom. The number of H-pyrrole nitrogens is 1. The standard InChI is InChI=1S/C18H15FN2O4/c1-24-13-7-2-3-8-14(13)25-16-17(22)20-15(21-18(16)23)10-11-5-4-6-12(19)9-11/h2-9H,10H2,1H3,(H2,20,21,22,23). The first-order chi connectivity index (χ1) is 12.1. The molecule has 0 bridgehead atoms. The van der Waals surface area contributed by atoms with Crippen LogP contribution < -0.4 is 15.0 Å². The lowest BCUT2D eigenvalue weighted by Crippen LogP contribution is -2.14.